The van der Waals surface area contributed by atoms with Crippen molar-refractivity contribution < 1.29 is 19.1 Å². The molecule has 1 aromatic carbocycles. The second kappa shape index (κ2) is 10.5. The Balaban J connectivity index is 1.75. The van der Waals surface area contributed by atoms with Crippen molar-refractivity contribution in [3.8, 4) is 11.5 Å². The van der Waals surface area contributed by atoms with Crippen LogP contribution in [0.5, 0.6) is 11.5 Å². The van der Waals surface area contributed by atoms with Crippen LogP contribution in [0.2, 0.25) is 0 Å². The van der Waals surface area contributed by atoms with Crippen LogP contribution in [-0.2, 0) is 11.3 Å². The number of nitrogens with one attached hydrogen (secondary N) is 2. The van der Waals surface area contributed by atoms with Crippen LogP contribution in [0.15, 0.2) is 35.7 Å². The van der Waals surface area contributed by atoms with E-state index >= 15 is 0 Å². The summed E-state index contributed by atoms with van der Waals surface area (Å²) in [6, 6.07) is 9.16. The Bertz CT molecular complexity index is 716. The van der Waals surface area contributed by atoms with Crippen molar-refractivity contribution in [2.24, 2.45) is 0 Å². The number of amides is 2. The van der Waals surface area contributed by atoms with Gasteiger partial charge in [0.25, 0.3) is 5.91 Å². The van der Waals surface area contributed by atoms with Crippen LogP contribution in [0.1, 0.15) is 35.0 Å². The standard InChI is InChI=1S/C19H24N2O4S/c1-3-10-25-15-7-6-14(12-16(15)24-2)13-21-18(22)8-9-20-19(23)17-5-4-11-26-17/h4-7,11-12H,3,8-10,13H2,1-2H3,(H,20,23)(H,21,22). The van der Waals surface area contributed by atoms with Crippen LogP contribution < -0.4 is 20.1 Å². The zero-order valence-electron chi connectivity index (χ0n) is 15.0. The molecule has 140 valence electrons. The summed E-state index contributed by atoms with van der Waals surface area (Å²) in [5, 5.41) is 7.41. The number of hydrogen-bond acceptors (Lipinski definition) is 5. The van der Waals surface area contributed by atoms with E-state index in [2.05, 4.69) is 10.6 Å². The third-order valence-corrected chi connectivity index (χ3v) is 4.43. The topological polar surface area (TPSA) is 76.7 Å². The molecule has 6 nitrogen and oxygen atoms in total. The zero-order valence-corrected chi connectivity index (χ0v) is 15.9. The molecule has 0 radical (unpaired) electrons. The molecule has 0 fully saturated rings. The molecule has 2 aromatic rings. The highest BCUT2D eigenvalue weighted by Crippen LogP contribution is 2.28. The second-order valence-electron chi connectivity index (χ2n) is 5.59. The molecule has 2 amide bonds. The number of benzene rings is 1. The van der Waals surface area contributed by atoms with Gasteiger partial charge in [0.15, 0.2) is 11.5 Å². The summed E-state index contributed by atoms with van der Waals surface area (Å²) in [5.74, 6) is 1.07. The Labute approximate surface area is 157 Å². The van der Waals surface area contributed by atoms with Gasteiger partial charge in [0.2, 0.25) is 5.91 Å². The molecule has 2 N–H and O–H groups in total. The van der Waals surface area contributed by atoms with Crippen molar-refractivity contribution in [3.63, 3.8) is 0 Å². The van der Waals surface area contributed by atoms with Crippen molar-refractivity contribution in [1.82, 2.24) is 10.6 Å². The molecule has 1 heterocycles. The molecule has 0 spiro atoms. The maximum Gasteiger partial charge on any atom is 0.261 e. The van der Waals surface area contributed by atoms with Gasteiger partial charge in [0, 0.05) is 19.5 Å². The summed E-state index contributed by atoms with van der Waals surface area (Å²) < 4.78 is 10.9. The van der Waals surface area contributed by atoms with E-state index in [1.807, 2.05) is 36.6 Å². The van der Waals surface area contributed by atoms with E-state index in [0.717, 1.165) is 12.0 Å². The number of hydrogen-bond donors (Lipinski definition) is 2. The fourth-order valence-corrected chi connectivity index (χ4v) is 2.87. The first kappa shape index (κ1) is 19.8. The molecule has 7 heteroatoms. The summed E-state index contributed by atoms with van der Waals surface area (Å²) in [7, 11) is 1.59. The van der Waals surface area contributed by atoms with E-state index in [0.29, 0.717) is 36.1 Å². The van der Waals surface area contributed by atoms with E-state index < -0.39 is 0 Å². The minimum atomic E-state index is -0.153. The molecule has 0 aliphatic carbocycles. The van der Waals surface area contributed by atoms with Gasteiger partial charge in [-0.2, -0.15) is 0 Å². The Morgan fingerprint density at radius 2 is 2.00 bits per heavy atom. The third-order valence-electron chi connectivity index (χ3n) is 3.56. The number of carbonyl (C=O) groups is 2. The van der Waals surface area contributed by atoms with Crippen molar-refractivity contribution in [2.45, 2.75) is 26.3 Å². The monoisotopic (exact) mass is 376 g/mol. The third kappa shape index (κ3) is 6.07. The molecule has 0 aliphatic heterocycles. The van der Waals surface area contributed by atoms with Crippen LogP contribution in [0.4, 0.5) is 0 Å². The van der Waals surface area contributed by atoms with Gasteiger partial charge in [-0.05, 0) is 35.6 Å². The normalized spacial score (nSPS) is 10.2. The largest absolute Gasteiger partial charge is 0.493 e. The van der Waals surface area contributed by atoms with E-state index in [4.69, 9.17) is 9.47 Å². The van der Waals surface area contributed by atoms with E-state index in [1.165, 1.54) is 11.3 Å². The fourth-order valence-electron chi connectivity index (χ4n) is 2.23. The first-order chi connectivity index (χ1) is 12.6. The highest BCUT2D eigenvalue weighted by molar-refractivity contribution is 7.12. The average molecular weight is 376 g/mol. The maximum atomic E-state index is 11.9. The second-order valence-corrected chi connectivity index (χ2v) is 6.54. The molecule has 0 bridgehead atoms. The van der Waals surface area contributed by atoms with Crippen molar-refractivity contribution in [2.75, 3.05) is 20.3 Å². The Morgan fingerprint density at radius 1 is 1.15 bits per heavy atom. The lowest BCUT2D eigenvalue weighted by atomic mass is 10.2. The summed E-state index contributed by atoms with van der Waals surface area (Å²) in [6.45, 7) is 3.36. The van der Waals surface area contributed by atoms with E-state index in [1.54, 1.807) is 13.2 Å². The number of ether oxygens (including phenoxy) is 2. The Morgan fingerprint density at radius 3 is 2.69 bits per heavy atom. The van der Waals surface area contributed by atoms with Gasteiger partial charge in [-0.15, -0.1) is 11.3 Å². The van der Waals surface area contributed by atoms with E-state index in [9.17, 15) is 9.59 Å². The van der Waals surface area contributed by atoms with Gasteiger partial charge >= 0.3 is 0 Å². The quantitative estimate of drug-likeness (QED) is 0.668. The molecule has 0 unspecified atom stereocenters. The van der Waals surface area contributed by atoms with Crippen molar-refractivity contribution >= 4 is 23.2 Å². The van der Waals surface area contributed by atoms with Gasteiger partial charge in [0.05, 0.1) is 18.6 Å². The predicted molar refractivity (Wildman–Crippen MR) is 102 cm³/mol. The summed E-state index contributed by atoms with van der Waals surface area (Å²) in [6.07, 6.45) is 1.15. The van der Waals surface area contributed by atoms with Crippen LogP contribution in [0.3, 0.4) is 0 Å². The first-order valence-corrected chi connectivity index (χ1v) is 9.40. The fraction of sp³-hybridized carbons (Fsp3) is 0.368. The average Bonchev–Trinajstić information content (AvgIpc) is 3.19. The molecular formula is C19H24N2O4S. The maximum absolute atomic E-state index is 11.9. The number of methoxy groups -OCH3 is 1. The molecule has 0 atom stereocenters. The minimum Gasteiger partial charge on any atom is -0.493 e. The van der Waals surface area contributed by atoms with Gasteiger partial charge in [-0.3, -0.25) is 9.59 Å². The lowest BCUT2D eigenvalue weighted by Gasteiger charge is -2.12. The molecular weight excluding hydrogens is 352 g/mol. The van der Waals surface area contributed by atoms with Crippen LogP contribution in [0, 0.1) is 0 Å². The van der Waals surface area contributed by atoms with Crippen molar-refractivity contribution in [1.29, 1.82) is 0 Å². The number of carbonyl (C=O) groups excluding carboxylic acids is 2. The Kier molecular flexibility index (Phi) is 7.95. The number of thiophene rings is 1. The summed E-state index contributed by atoms with van der Waals surface area (Å²) in [4.78, 5) is 24.4. The van der Waals surface area contributed by atoms with Gasteiger partial charge in [-0.1, -0.05) is 19.1 Å². The molecule has 1 aromatic heterocycles. The minimum absolute atomic E-state index is 0.123. The smallest absolute Gasteiger partial charge is 0.261 e. The highest BCUT2D eigenvalue weighted by Gasteiger charge is 2.09. The van der Waals surface area contributed by atoms with E-state index in [-0.39, 0.29) is 18.2 Å². The predicted octanol–water partition coefficient (Wildman–Crippen LogP) is 2.98. The lowest BCUT2D eigenvalue weighted by Crippen LogP contribution is -2.30. The molecule has 0 aliphatic rings. The molecule has 0 saturated carbocycles. The molecule has 0 saturated heterocycles. The first-order valence-electron chi connectivity index (χ1n) is 8.52. The van der Waals surface area contributed by atoms with Crippen LogP contribution in [-0.4, -0.2) is 32.1 Å². The van der Waals surface area contributed by atoms with Crippen molar-refractivity contribution in [3.05, 3.63) is 46.2 Å². The summed E-state index contributed by atoms with van der Waals surface area (Å²) in [5.41, 5.74) is 0.918. The molecule has 26 heavy (non-hydrogen) atoms. The van der Waals surface area contributed by atoms with Gasteiger partial charge in [0.1, 0.15) is 0 Å². The Hall–Kier alpha value is -2.54. The summed E-state index contributed by atoms with van der Waals surface area (Å²) >= 11 is 1.37. The van der Waals surface area contributed by atoms with Gasteiger partial charge < -0.3 is 20.1 Å². The highest BCUT2D eigenvalue weighted by atomic mass is 32.1. The zero-order chi connectivity index (χ0) is 18.8. The van der Waals surface area contributed by atoms with Crippen LogP contribution >= 0.6 is 11.3 Å². The molecule has 2 rings (SSSR count). The SMILES string of the molecule is CCCOc1ccc(CNC(=O)CCNC(=O)c2cccs2)cc1OC. The van der Waals surface area contributed by atoms with Gasteiger partial charge in [-0.25, -0.2) is 0 Å². The lowest BCUT2D eigenvalue weighted by molar-refractivity contribution is -0.121. The van der Waals surface area contributed by atoms with Crippen LogP contribution in [0.25, 0.3) is 0 Å². The number of rotatable bonds is 10.